The summed E-state index contributed by atoms with van der Waals surface area (Å²) in [5.74, 6) is 0.183. The van der Waals surface area contributed by atoms with Crippen LogP contribution in [0.4, 0.5) is 0 Å². The first-order valence-electron chi connectivity index (χ1n) is 6.05. The molecule has 0 saturated heterocycles. The van der Waals surface area contributed by atoms with Gasteiger partial charge in [0.1, 0.15) is 13.2 Å². The van der Waals surface area contributed by atoms with Crippen LogP contribution < -0.4 is 14.2 Å². The minimum absolute atomic E-state index is 0.0460. The monoisotopic (exact) mass is 325 g/mol. The molecule has 1 aliphatic heterocycles. The molecule has 0 atom stereocenters. The molecule has 1 aliphatic rings. The van der Waals surface area contributed by atoms with E-state index in [1.165, 1.54) is 29.5 Å². The molecule has 0 aliphatic carbocycles. The quantitative estimate of drug-likeness (QED) is 0.928. The van der Waals surface area contributed by atoms with Gasteiger partial charge in [-0.25, -0.2) is 13.1 Å². The molecule has 1 aromatic heterocycles. The van der Waals surface area contributed by atoms with Gasteiger partial charge in [-0.15, -0.1) is 0 Å². The highest BCUT2D eigenvalue weighted by Crippen LogP contribution is 2.32. The lowest BCUT2D eigenvalue weighted by molar-refractivity contribution is 0.0982. The van der Waals surface area contributed by atoms with Crippen LogP contribution in [-0.2, 0) is 10.0 Å². The van der Waals surface area contributed by atoms with E-state index in [9.17, 15) is 13.2 Å². The number of thiophene rings is 1. The van der Waals surface area contributed by atoms with Gasteiger partial charge in [0, 0.05) is 11.4 Å². The van der Waals surface area contributed by atoms with E-state index >= 15 is 0 Å². The van der Waals surface area contributed by atoms with Crippen LogP contribution in [0, 0.1) is 0 Å². The molecule has 0 fully saturated rings. The normalized spacial score (nSPS) is 13.7. The van der Waals surface area contributed by atoms with E-state index < -0.39 is 15.9 Å². The second-order valence-electron chi connectivity index (χ2n) is 4.25. The standard InChI is InChI=1S/C13H11NO5S2/c15-13(9-3-6-20-8-9)14-21(16,17)10-1-2-11-12(7-10)19-5-4-18-11/h1-3,6-8H,4-5H2,(H,14,15). The number of hydrogen-bond acceptors (Lipinski definition) is 6. The first-order chi connectivity index (χ1) is 10.1. The number of sulfonamides is 1. The molecule has 0 unspecified atom stereocenters. The number of hydrogen-bond donors (Lipinski definition) is 1. The molecular formula is C13H11NO5S2. The summed E-state index contributed by atoms with van der Waals surface area (Å²) in [7, 11) is -3.95. The lowest BCUT2D eigenvalue weighted by Crippen LogP contribution is -2.30. The summed E-state index contributed by atoms with van der Waals surface area (Å²) >= 11 is 1.32. The molecule has 0 bridgehead atoms. The first-order valence-corrected chi connectivity index (χ1v) is 8.48. The topological polar surface area (TPSA) is 81.7 Å². The van der Waals surface area contributed by atoms with Crippen LogP contribution >= 0.6 is 11.3 Å². The number of nitrogens with one attached hydrogen (secondary N) is 1. The van der Waals surface area contributed by atoms with E-state index in [1.807, 2.05) is 4.72 Å². The number of fused-ring (bicyclic) bond motifs is 1. The van der Waals surface area contributed by atoms with Gasteiger partial charge in [-0.2, -0.15) is 11.3 Å². The van der Waals surface area contributed by atoms with Crippen LogP contribution in [0.1, 0.15) is 10.4 Å². The van der Waals surface area contributed by atoms with Crippen LogP contribution in [0.15, 0.2) is 39.9 Å². The molecule has 2 aromatic rings. The number of carbonyl (C=O) groups excluding carboxylic acids is 1. The van der Waals surface area contributed by atoms with Crippen molar-refractivity contribution in [3.63, 3.8) is 0 Å². The van der Waals surface area contributed by atoms with Crippen LogP contribution in [0.2, 0.25) is 0 Å². The van der Waals surface area contributed by atoms with Crippen LogP contribution in [-0.4, -0.2) is 27.5 Å². The van der Waals surface area contributed by atoms with Gasteiger partial charge in [-0.3, -0.25) is 4.79 Å². The Morgan fingerprint density at radius 2 is 1.90 bits per heavy atom. The summed E-state index contributed by atoms with van der Waals surface area (Å²) in [5.41, 5.74) is 0.307. The van der Waals surface area contributed by atoms with Crippen molar-refractivity contribution >= 4 is 27.3 Å². The van der Waals surface area contributed by atoms with E-state index in [1.54, 1.807) is 16.8 Å². The molecule has 2 heterocycles. The molecular weight excluding hydrogens is 314 g/mol. The van der Waals surface area contributed by atoms with Crippen molar-refractivity contribution in [3.05, 3.63) is 40.6 Å². The Kier molecular flexibility index (Phi) is 3.56. The molecule has 3 rings (SSSR count). The van der Waals surface area contributed by atoms with Crippen molar-refractivity contribution in [2.45, 2.75) is 4.90 Å². The van der Waals surface area contributed by atoms with Crippen molar-refractivity contribution in [1.29, 1.82) is 0 Å². The molecule has 6 nitrogen and oxygen atoms in total. The lowest BCUT2D eigenvalue weighted by Gasteiger charge is -2.18. The maximum absolute atomic E-state index is 12.2. The molecule has 0 saturated carbocycles. The average molecular weight is 325 g/mol. The average Bonchev–Trinajstić information content (AvgIpc) is 3.00. The van der Waals surface area contributed by atoms with Crippen molar-refractivity contribution < 1.29 is 22.7 Å². The molecule has 110 valence electrons. The predicted octanol–water partition coefficient (Wildman–Crippen LogP) is 1.64. The zero-order valence-electron chi connectivity index (χ0n) is 10.7. The Labute approximate surface area is 125 Å². The fourth-order valence-electron chi connectivity index (χ4n) is 1.82. The third-order valence-electron chi connectivity index (χ3n) is 2.83. The highest BCUT2D eigenvalue weighted by molar-refractivity contribution is 7.90. The van der Waals surface area contributed by atoms with Crippen LogP contribution in [0.25, 0.3) is 0 Å². The van der Waals surface area contributed by atoms with Gasteiger partial charge < -0.3 is 9.47 Å². The van der Waals surface area contributed by atoms with Crippen molar-refractivity contribution in [2.24, 2.45) is 0 Å². The number of benzene rings is 1. The molecule has 0 radical (unpaired) electrons. The first kappa shape index (κ1) is 13.9. The third kappa shape index (κ3) is 2.86. The number of amides is 1. The molecule has 21 heavy (non-hydrogen) atoms. The van der Waals surface area contributed by atoms with Crippen molar-refractivity contribution in [1.82, 2.24) is 4.72 Å². The number of ether oxygens (including phenoxy) is 2. The van der Waals surface area contributed by atoms with Crippen molar-refractivity contribution in [2.75, 3.05) is 13.2 Å². The second-order valence-corrected chi connectivity index (χ2v) is 6.71. The van der Waals surface area contributed by atoms with Gasteiger partial charge in [0.2, 0.25) is 0 Å². The summed E-state index contributed by atoms with van der Waals surface area (Å²) in [4.78, 5) is 11.8. The molecule has 1 amide bonds. The Balaban J connectivity index is 1.86. The van der Waals surface area contributed by atoms with E-state index in [-0.39, 0.29) is 4.90 Å². The zero-order chi connectivity index (χ0) is 14.9. The summed E-state index contributed by atoms with van der Waals surface area (Å²) < 4.78 is 37.1. The van der Waals surface area contributed by atoms with Gasteiger partial charge in [0.25, 0.3) is 15.9 Å². The highest BCUT2D eigenvalue weighted by atomic mass is 32.2. The number of carbonyl (C=O) groups is 1. The second kappa shape index (κ2) is 5.38. The van der Waals surface area contributed by atoms with Gasteiger partial charge in [0.05, 0.1) is 10.5 Å². The molecule has 0 spiro atoms. The van der Waals surface area contributed by atoms with Crippen molar-refractivity contribution in [3.8, 4) is 11.5 Å². The fourth-order valence-corrected chi connectivity index (χ4v) is 3.45. The highest BCUT2D eigenvalue weighted by Gasteiger charge is 2.22. The zero-order valence-corrected chi connectivity index (χ0v) is 12.4. The Morgan fingerprint density at radius 3 is 2.62 bits per heavy atom. The Hall–Kier alpha value is -2.06. The summed E-state index contributed by atoms with van der Waals surface area (Å²) in [5, 5.41) is 3.28. The van der Waals surface area contributed by atoms with Gasteiger partial charge >= 0.3 is 0 Å². The number of rotatable bonds is 3. The van der Waals surface area contributed by atoms with E-state index in [4.69, 9.17) is 9.47 Å². The molecule has 1 N–H and O–H groups in total. The lowest BCUT2D eigenvalue weighted by atomic mass is 10.3. The van der Waals surface area contributed by atoms with Gasteiger partial charge in [-0.05, 0) is 23.6 Å². The van der Waals surface area contributed by atoms with E-state index in [0.717, 1.165) is 0 Å². The van der Waals surface area contributed by atoms with Gasteiger partial charge in [0.15, 0.2) is 11.5 Å². The summed E-state index contributed by atoms with van der Waals surface area (Å²) in [6, 6.07) is 5.78. The van der Waals surface area contributed by atoms with Crippen LogP contribution in [0.3, 0.4) is 0 Å². The van der Waals surface area contributed by atoms with Gasteiger partial charge in [-0.1, -0.05) is 0 Å². The maximum atomic E-state index is 12.2. The van der Waals surface area contributed by atoms with E-state index in [2.05, 4.69) is 0 Å². The largest absolute Gasteiger partial charge is 0.486 e. The Bertz CT molecular complexity index is 768. The van der Waals surface area contributed by atoms with E-state index in [0.29, 0.717) is 30.3 Å². The summed E-state index contributed by atoms with van der Waals surface area (Å²) in [6.45, 7) is 0.783. The molecule has 8 heteroatoms. The SMILES string of the molecule is O=C(NS(=O)(=O)c1ccc2c(c1)OCCO2)c1ccsc1. The predicted molar refractivity (Wildman–Crippen MR) is 76.4 cm³/mol. The fraction of sp³-hybridized carbons (Fsp3) is 0.154. The minimum atomic E-state index is -3.95. The third-order valence-corrected chi connectivity index (χ3v) is 4.85. The smallest absolute Gasteiger partial charge is 0.265 e. The molecule has 1 aromatic carbocycles. The maximum Gasteiger partial charge on any atom is 0.265 e. The minimum Gasteiger partial charge on any atom is -0.486 e. The van der Waals surface area contributed by atoms with Crippen LogP contribution in [0.5, 0.6) is 11.5 Å². The Morgan fingerprint density at radius 1 is 1.14 bits per heavy atom. The summed E-state index contributed by atoms with van der Waals surface area (Å²) in [6.07, 6.45) is 0.